The number of hydrogen-bond acceptors (Lipinski definition) is 3. The van der Waals surface area contributed by atoms with E-state index in [1.165, 1.54) is 0 Å². The molecule has 0 spiro atoms. The van der Waals surface area contributed by atoms with Crippen molar-refractivity contribution in [3.8, 4) is 5.75 Å². The molecule has 0 bridgehead atoms. The molecule has 1 aromatic carbocycles. The number of methoxy groups -OCH3 is 1. The zero-order valence-corrected chi connectivity index (χ0v) is 12.9. The maximum atomic E-state index is 11.6. The predicted octanol–water partition coefficient (Wildman–Crippen LogP) is 3.67. The summed E-state index contributed by atoms with van der Waals surface area (Å²) in [5.74, 6) is 0.331. The molecule has 0 radical (unpaired) electrons. The number of carbonyl (C=O) groups excluding carboxylic acids is 1. The van der Waals surface area contributed by atoms with Crippen LogP contribution in [0.1, 0.15) is 19.4 Å². The molecule has 0 saturated heterocycles. The topological polar surface area (TPSA) is 35.5 Å². The summed E-state index contributed by atoms with van der Waals surface area (Å²) in [5, 5.41) is 0. The second-order valence-electron chi connectivity index (χ2n) is 3.76. The first-order valence-electron chi connectivity index (χ1n) is 5.77. The number of halogens is 1. The maximum absolute atomic E-state index is 11.6. The lowest BCUT2D eigenvalue weighted by Gasteiger charge is -2.10. The Labute approximate surface area is 121 Å². The minimum atomic E-state index is -0.262. The molecule has 18 heavy (non-hydrogen) atoms. The van der Waals surface area contributed by atoms with Gasteiger partial charge in [-0.1, -0.05) is 24.3 Å². The van der Waals surface area contributed by atoms with Crippen molar-refractivity contribution >= 4 is 32.1 Å². The first-order chi connectivity index (χ1) is 8.60. The first-order valence-corrected chi connectivity index (χ1v) is 6.85. The van der Waals surface area contributed by atoms with Gasteiger partial charge in [0, 0.05) is 9.14 Å². The third-order valence-electron chi connectivity index (χ3n) is 2.42. The van der Waals surface area contributed by atoms with Crippen molar-refractivity contribution in [1.29, 1.82) is 0 Å². The van der Waals surface area contributed by atoms with Crippen molar-refractivity contribution < 1.29 is 14.3 Å². The molecule has 0 saturated carbocycles. The third-order valence-corrected chi connectivity index (χ3v) is 3.36. The molecule has 0 aromatic heterocycles. The fourth-order valence-corrected chi connectivity index (χ4v) is 2.48. The van der Waals surface area contributed by atoms with Gasteiger partial charge in [-0.25, -0.2) is 0 Å². The van der Waals surface area contributed by atoms with Gasteiger partial charge in [0.05, 0.1) is 19.6 Å². The van der Waals surface area contributed by atoms with Crippen LogP contribution in [0.15, 0.2) is 30.3 Å². The second-order valence-corrected chi connectivity index (χ2v) is 4.92. The highest BCUT2D eigenvalue weighted by Gasteiger charge is 2.13. The fraction of sp³-hybridized carbons (Fsp3) is 0.357. The van der Waals surface area contributed by atoms with Crippen molar-refractivity contribution in [1.82, 2.24) is 0 Å². The Morgan fingerprint density at radius 1 is 1.44 bits per heavy atom. The van der Waals surface area contributed by atoms with Gasteiger partial charge < -0.3 is 9.47 Å². The van der Waals surface area contributed by atoms with Gasteiger partial charge in [-0.05, 0) is 42.5 Å². The summed E-state index contributed by atoms with van der Waals surface area (Å²) < 4.78 is 11.3. The van der Waals surface area contributed by atoms with E-state index in [4.69, 9.17) is 9.47 Å². The summed E-state index contributed by atoms with van der Waals surface area (Å²) in [5.41, 5.74) is 0.983. The Balaban J connectivity index is 2.92. The van der Waals surface area contributed by atoms with Crippen LogP contribution in [0.5, 0.6) is 5.75 Å². The fourth-order valence-electron chi connectivity index (χ4n) is 1.49. The summed E-state index contributed by atoms with van der Waals surface area (Å²) in [6.45, 7) is 4.04. The highest BCUT2D eigenvalue weighted by Crippen LogP contribution is 2.31. The van der Waals surface area contributed by atoms with Crippen LogP contribution in [-0.4, -0.2) is 19.7 Å². The van der Waals surface area contributed by atoms with Crippen LogP contribution < -0.4 is 4.74 Å². The zero-order chi connectivity index (χ0) is 13.5. The lowest BCUT2D eigenvalue weighted by molar-refractivity contribution is -0.145. The van der Waals surface area contributed by atoms with E-state index in [2.05, 4.69) is 22.6 Å². The van der Waals surface area contributed by atoms with E-state index in [-0.39, 0.29) is 11.9 Å². The van der Waals surface area contributed by atoms with Crippen LogP contribution in [0.2, 0.25) is 0 Å². The predicted molar refractivity (Wildman–Crippen MR) is 80.8 cm³/mol. The Hall–Kier alpha value is -1.04. The van der Waals surface area contributed by atoms with Crippen LogP contribution in [0, 0.1) is 5.92 Å². The number of para-hydroxylation sites is 1. The Morgan fingerprint density at radius 2 is 2.11 bits per heavy atom. The Kier molecular flexibility index (Phi) is 6.18. The van der Waals surface area contributed by atoms with Gasteiger partial charge in [0.2, 0.25) is 0 Å². The van der Waals surface area contributed by atoms with Crippen molar-refractivity contribution in [2.24, 2.45) is 5.92 Å². The molecule has 0 amide bonds. The van der Waals surface area contributed by atoms with Gasteiger partial charge in [-0.15, -0.1) is 0 Å². The summed E-state index contributed by atoms with van der Waals surface area (Å²) in [6, 6.07) is 7.73. The van der Waals surface area contributed by atoms with E-state index < -0.39 is 0 Å². The van der Waals surface area contributed by atoms with Crippen LogP contribution >= 0.6 is 22.6 Å². The highest BCUT2D eigenvalue weighted by molar-refractivity contribution is 14.1. The van der Waals surface area contributed by atoms with E-state index in [0.29, 0.717) is 6.61 Å². The molecule has 98 valence electrons. The van der Waals surface area contributed by atoms with Gasteiger partial charge in [0.15, 0.2) is 0 Å². The van der Waals surface area contributed by atoms with Crippen LogP contribution in [0.25, 0.3) is 3.58 Å². The summed E-state index contributed by atoms with van der Waals surface area (Å²) in [4.78, 5) is 11.6. The van der Waals surface area contributed by atoms with Crippen molar-refractivity contribution in [2.45, 2.75) is 13.8 Å². The van der Waals surface area contributed by atoms with E-state index in [1.807, 2.05) is 37.3 Å². The summed E-state index contributed by atoms with van der Waals surface area (Å²) in [7, 11) is 1.64. The molecule has 0 aliphatic heterocycles. The van der Waals surface area contributed by atoms with Gasteiger partial charge in [0.1, 0.15) is 5.75 Å². The van der Waals surface area contributed by atoms with E-state index in [0.717, 1.165) is 14.9 Å². The monoisotopic (exact) mass is 360 g/mol. The maximum Gasteiger partial charge on any atom is 0.312 e. The largest absolute Gasteiger partial charge is 0.496 e. The van der Waals surface area contributed by atoms with Crippen LogP contribution in [-0.2, 0) is 9.53 Å². The molecule has 4 heteroatoms. The van der Waals surface area contributed by atoms with Crippen LogP contribution in [0.4, 0.5) is 0 Å². The lowest BCUT2D eigenvalue weighted by Crippen LogP contribution is -2.12. The minimum Gasteiger partial charge on any atom is -0.496 e. The van der Waals surface area contributed by atoms with Crippen molar-refractivity contribution in [2.75, 3.05) is 13.7 Å². The standard InChI is InChI=1S/C14H17IO3/c1-4-18-14(16)10(2)9-12(15)11-7-5-6-8-13(11)17-3/h5-10H,4H2,1-3H3/b12-9+. The van der Waals surface area contributed by atoms with Gasteiger partial charge in [-0.3, -0.25) is 4.79 Å². The molecule has 0 aliphatic carbocycles. The lowest BCUT2D eigenvalue weighted by atomic mass is 10.1. The first kappa shape index (κ1) is 15.0. The quantitative estimate of drug-likeness (QED) is 0.594. The molecule has 1 aromatic rings. The van der Waals surface area contributed by atoms with E-state index in [9.17, 15) is 4.79 Å². The molecular formula is C14H17IO3. The van der Waals surface area contributed by atoms with Crippen LogP contribution in [0.3, 0.4) is 0 Å². The smallest absolute Gasteiger partial charge is 0.312 e. The second kappa shape index (κ2) is 7.41. The van der Waals surface area contributed by atoms with Gasteiger partial charge >= 0.3 is 5.97 Å². The zero-order valence-electron chi connectivity index (χ0n) is 10.8. The van der Waals surface area contributed by atoms with Gasteiger partial charge in [-0.2, -0.15) is 0 Å². The molecule has 0 fully saturated rings. The normalized spacial score (nSPS) is 13.0. The molecule has 0 heterocycles. The number of hydrogen-bond donors (Lipinski definition) is 0. The molecule has 1 unspecified atom stereocenters. The average Bonchev–Trinajstić information content (AvgIpc) is 2.38. The average molecular weight is 360 g/mol. The number of carbonyl (C=O) groups is 1. The van der Waals surface area contributed by atoms with Crippen molar-refractivity contribution in [3.05, 3.63) is 35.9 Å². The Bertz CT molecular complexity index is 440. The third kappa shape index (κ3) is 4.01. The SMILES string of the molecule is CCOC(=O)C(C)/C=C(/I)c1ccccc1OC. The molecule has 1 rings (SSSR count). The molecule has 3 nitrogen and oxygen atoms in total. The summed E-state index contributed by atoms with van der Waals surface area (Å²) in [6.07, 6.45) is 1.89. The number of rotatable bonds is 5. The molecule has 1 atom stereocenters. The Morgan fingerprint density at radius 3 is 2.72 bits per heavy atom. The van der Waals surface area contributed by atoms with E-state index >= 15 is 0 Å². The van der Waals surface area contributed by atoms with E-state index in [1.54, 1.807) is 14.0 Å². The molecule has 0 N–H and O–H groups in total. The number of esters is 1. The van der Waals surface area contributed by atoms with Gasteiger partial charge in [0.25, 0.3) is 0 Å². The number of benzene rings is 1. The van der Waals surface area contributed by atoms with Crippen molar-refractivity contribution in [3.63, 3.8) is 0 Å². The number of ether oxygens (including phenoxy) is 2. The summed E-state index contributed by atoms with van der Waals surface area (Å²) >= 11 is 2.21. The molecular weight excluding hydrogens is 343 g/mol. The highest BCUT2D eigenvalue weighted by atomic mass is 127. The molecule has 0 aliphatic rings. The minimum absolute atomic E-state index is 0.207.